The first-order valence-corrected chi connectivity index (χ1v) is 6.61. The van der Waals surface area contributed by atoms with E-state index in [0.717, 1.165) is 19.3 Å². The number of morpholine rings is 1. The Balaban J connectivity index is 1.80. The van der Waals surface area contributed by atoms with Crippen molar-refractivity contribution < 1.29 is 9.53 Å². The normalized spacial score (nSPS) is 29.1. The van der Waals surface area contributed by atoms with Crippen molar-refractivity contribution in [1.29, 1.82) is 0 Å². The molecule has 2 heterocycles. The minimum atomic E-state index is 0.0708. The SMILES string of the molecule is O=C(c1cscn1)N1CCO[C@H]2CCC[C@H]21. The lowest BCUT2D eigenvalue weighted by Gasteiger charge is -2.37. The zero-order valence-corrected chi connectivity index (χ0v) is 9.78. The van der Waals surface area contributed by atoms with Crippen LogP contribution >= 0.6 is 11.3 Å². The number of ether oxygens (including phenoxy) is 1. The maximum Gasteiger partial charge on any atom is 0.273 e. The molecule has 0 N–H and O–H groups in total. The lowest BCUT2D eigenvalue weighted by atomic mass is 10.1. The Bertz CT molecular complexity index is 379. The van der Waals surface area contributed by atoms with E-state index in [4.69, 9.17) is 4.74 Å². The minimum absolute atomic E-state index is 0.0708. The van der Waals surface area contributed by atoms with Gasteiger partial charge in [-0.25, -0.2) is 4.98 Å². The highest BCUT2D eigenvalue weighted by atomic mass is 32.1. The number of aromatic nitrogens is 1. The van der Waals surface area contributed by atoms with Crippen LogP contribution in [0.4, 0.5) is 0 Å². The van der Waals surface area contributed by atoms with Gasteiger partial charge in [-0.3, -0.25) is 4.79 Å². The summed E-state index contributed by atoms with van der Waals surface area (Å²) in [6, 6.07) is 0.281. The van der Waals surface area contributed by atoms with E-state index in [2.05, 4.69) is 4.98 Å². The third-order valence-electron chi connectivity index (χ3n) is 3.39. The Morgan fingerprint density at radius 3 is 3.31 bits per heavy atom. The monoisotopic (exact) mass is 238 g/mol. The van der Waals surface area contributed by atoms with Crippen LogP contribution in [0.1, 0.15) is 29.8 Å². The molecule has 0 spiro atoms. The van der Waals surface area contributed by atoms with E-state index < -0.39 is 0 Å². The molecule has 4 nitrogen and oxygen atoms in total. The summed E-state index contributed by atoms with van der Waals surface area (Å²) in [7, 11) is 0. The molecule has 2 aliphatic rings. The second kappa shape index (κ2) is 4.14. The molecule has 86 valence electrons. The van der Waals surface area contributed by atoms with E-state index >= 15 is 0 Å². The largest absolute Gasteiger partial charge is 0.374 e. The maximum absolute atomic E-state index is 12.2. The molecule has 1 aliphatic carbocycles. The van der Waals surface area contributed by atoms with E-state index in [9.17, 15) is 4.79 Å². The van der Waals surface area contributed by atoms with Gasteiger partial charge in [0.05, 0.1) is 24.3 Å². The average Bonchev–Trinajstić information content (AvgIpc) is 2.98. The molecule has 2 fully saturated rings. The smallest absolute Gasteiger partial charge is 0.273 e. The van der Waals surface area contributed by atoms with Crippen LogP contribution in [0.15, 0.2) is 10.9 Å². The van der Waals surface area contributed by atoms with Crippen molar-refractivity contribution in [3.8, 4) is 0 Å². The molecule has 0 aromatic carbocycles. The van der Waals surface area contributed by atoms with Crippen LogP contribution in [0.3, 0.4) is 0 Å². The van der Waals surface area contributed by atoms with Gasteiger partial charge in [0, 0.05) is 11.9 Å². The van der Waals surface area contributed by atoms with Crippen molar-refractivity contribution in [1.82, 2.24) is 9.88 Å². The van der Waals surface area contributed by atoms with Gasteiger partial charge < -0.3 is 9.64 Å². The predicted octanol–water partition coefficient (Wildman–Crippen LogP) is 1.54. The topological polar surface area (TPSA) is 42.4 Å². The van der Waals surface area contributed by atoms with Crippen molar-refractivity contribution in [2.24, 2.45) is 0 Å². The molecule has 5 heteroatoms. The van der Waals surface area contributed by atoms with Gasteiger partial charge in [0.2, 0.25) is 0 Å². The molecule has 1 aliphatic heterocycles. The van der Waals surface area contributed by atoms with Gasteiger partial charge in [-0.05, 0) is 19.3 Å². The first-order valence-electron chi connectivity index (χ1n) is 5.67. The Labute approximate surface area is 98.2 Å². The van der Waals surface area contributed by atoms with Crippen LogP contribution in [0.25, 0.3) is 0 Å². The third kappa shape index (κ3) is 1.64. The van der Waals surface area contributed by atoms with Gasteiger partial charge in [0.1, 0.15) is 5.69 Å². The summed E-state index contributed by atoms with van der Waals surface area (Å²) in [5, 5.41) is 1.82. The van der Waals surface area contributed by atoms with Crippen LogP contribution in [-0.2, 0) is 4.74 Å². The molecule has 0 radical (unpaired) electrons. The van der Waals surface area contributed by atoms with E-state index in [0.29, 0.717) is 18.8 Å². The summed E-state index contributed by atoms with van der Waals surface area (Å²) in [4.78, 5) is 18.3. The lowest BCUT2D eigenvalue weighted by molar-refractivity contribution is -0.0447. The van der Waals surface area contributed by atoms with E-state index in [1.807, 2.05) is 10.3 Å². The summed E-state index contributed by atoms with van der Waals surface area (Å²) < 4.78 is 5.69. The number of amides is 1. The minimum Gasteiger partial charge on any atom is -0.374 e. The zero-order valence-electron chi connectivity index (χ0n) is 8.96. The standard InChI is InChI=1S/C11H14N2O2S/c14-11(8-6-16-7-12-8)13-4-5-15-10-3-1-2-9(10)13/h6-7,9-10H,1-5H2/t9-,10+/m1/s1. The molecule has 1 saturated carbocycles. The predicted molar refractivity (Wildman–Crippen MR) is 60.5 cm³/mol. The average molecular weight is 238 g/mol. The Hall–Kier alpha value is -0.940. The van der Waals surface area contributed by atoms with Crippen molar-refractivity contribution in [3.63, 3.8) is 0 Å². The quantitative estimate of drug-likeness (QED) is 0.745. The molecule has 0 bridgehead atoms. The maximum atomic E-state index is 12.2. The highest BCUT2D eigenvalue weighted by molar-refractivity contribution is 7.07. The number of rotatable bonds is 1. The van der Waals surface area contributed by atoms with Gasteiger partial charge in [0.15, 0.2) is 0 Å². The number of carbonyl (C=O) groups is 1. The summed E-state index contributed by atoms with van der Waals surface area (Å²) >= 11 is 1.47. The molecule has 16 heavy (non-hydrogen) atoms. The fourth-order valence-corrected chi connectivity index (χ4v) is 3.17. The number of hydrogen-bond acceptors (Lipinski definition) is 4. The molecule has 2 atom stereocenters. The van der Waals surface area contributed by atoms with Crippen LogP contribution in [0.5, 0.6) is 0 Å². The number of thiazole rings is 1. The fraction of sp³-hybridized carbons (Fsp3) is 0.636. The molecule has 3 rings (SSSR count). The van der Waals surface area contributed by atoms with Crippen LogP contribution in [0.2, 0.25) is 0 Å². The summed E-state index contributed by atoms with van der Waals surface area (Å²) in [5.41, 5.74) is 2.29. The van der Waals surface area contributed by atoms with E-state index in [-0.39, 0.29) is 18.1 Å². The summed E-state index contributed by atoms with van der Waals surface area (Å²) in [6.45, 7) is 1.37. The molecule has 0 unspecified atom stereocenters. The van der Waals surface area contributed by atoms with Crippen LogP contribution in [-0.4, -0.2) is 41.1 Å². The highest BCUT2D eigenvalue weighted by Gasteiger charge is 2.38. The van der Waals surface area contributed by atoms with Crippen molar-refractivity contribution in [3.05, 3.63) is 16.6 Å². The fourth-order valence-electron chi connectivity index (χ4n) is 2.64. The summed E-state index contributed by atoms with van der Waals surface area (Å²) in [6.07, 6.45) is 3.58. The molecular weight excluding hydrogens is 224 g/mol. The van der Waals surface area contributed by atoms with Crippen LogP contribution < -0.4 is 0 Å². The van der Waals surface area contributed by atoms with Crippen molar-refractivity contribution in [2.45, 2.75) is 31.4 Å². The number of carbonyl (C=O) groups excluding carboxylic acids is 1. The second-order valence-electron chi connectivity index (χ2n) is 4.28. The van der Waals surface area contributed by atoms with Gasteiger partial charge in [-0.15, -0.1) is 11.3 Å². The molecule has 1 aromatic heterocycles. The van der Waals surface area contributed by atoms with E-state index in [1.54, 1.807) is 5.51 Å². The van der Waals surface area contributed by atoms with Gasteiger partial charge in [0.25, 0.3) is 5.91 Å². The zero-order chi connectivity index (χ0) is 11.0. The van der Waals surface area contributed by atoms with Gasteiger partial charge in [-0.2, -0.15) is 0 Å². The summed E-state index contributed by atoms with van der Waals surface area (Å²) in [5.74, 6) is 0.0708. The molecule has 1 amide bonds. The Kier molecular flexibility index (Phi) is 2.65. The molecular formula is C11H14N2O2S. The Morgan fingerprint density at radius 1 is 1.56 bits per heavy atom. The number of hydrogen-bond donors (Lipinski definition) is 0. The molecule has 1 aromatic rings. The van der Waals surface area contributed by atoms with Crippen LogP contribution in [0, 0.1) is 0 Å². The van der Waals surface area contributed by atoms with Crippen molar-refractivity contribution >= 4 is 17.2 Å². The first-order chi connectivity index (χ1) is 7.86. The second-order valence-corrected chi connectivity index (χ2v) is 5.00. The van der Waals surface area contributed by atoms with Gasteiger partial charge in [-0.1, -0.05) is 0 Å². The van der Waals surface area contributed by atoms with Crippen molar-refractivity contribution in [2.75, 3.05) is 13.2 Å². The lowest BCUT2D eigenvalue weighted by Crippen LogP contribution is -2.51. The van der Waals surface area contributed by atoms with E-state index in [1.165, 1.54) is 11.3 Å². The number of fused-ring (bicyclic) bond motifs is 1. The number of nitrogens with zero attached hydrogens (tertiary/aromatic N) is 2. The first kappa shape index (κ1) is 10.2. The third-order valence-corrected chi connectivity index (χ3v) is 3.98. The van der Waals surface area contributed by atoms with Gasteiger partial charge >= 0.3 is 0 Å². The molecule has 1 saturated heterocycles. The Morgan fingerprint density at radius 2 is 2.50 bits per heavy atom. The highest BCUT2D eigenvalue weighted by Crippen LogP contribution is 2.30.